The highest BCUT2D eigenvalue weighted by molar-refractivity contribution is 6.07. The third kappa shape index (κ3) is 6.38. The third-order valence-electron chi connectivity index (χ3n) is 5.34. The van der Waals surface area contributed by atoms with E-state index in [1.54, 1.807) is 12.1 Å². The Morgan fingerprint density at radius 1 is 0.974 bits per heavy atom. The summed E-state index contributed by atoms with van der Waals surface area (Å²) >= 11 is 0. The summed E-state index contributed by atoms with van der Waals surface area (Å²) in [6.45, 7) is 1.91. The van der Waals surface area contributed by atoms with Crippen LogP contribution in [0.2, 0.25) is 0 Å². The van der Waals surface area contributed by atoms with E-state index >= 15 is 0 Å². The molecule has 0 aliphatic rings. The average Bonchev–Trinajstić information content (AvgIpc) is 2.90. The number of carbonyl (C=O) groups excluding carboxylic acids is 1. The van der Waals surface area contributed by atoms with Crippen molar-refractivity contribution in [1.82, 2.24) is 14.5 Å². The van der Waals surface area contributed by atoms with Gasteiger partial charge in [0.25, 0.3) is 11.5 Å². The van der Waals surface area contributed by atoms with Crippen molar-refractivity contribution >= 4 is 23.1 Å². The summed E-state index contributed by atoms with van der Waals surface area (Å²) in [6, 6.07) is 15.5. The van der Waals surface area contributed by atoms with Gasteiger partial charge in [-0.3, -0.25) is 19.1 Å². The molecule has 0 fully saturated rings. The van der Waals surface area contributed by atoms with Crippen molar-refractivity contribution < 1.29 is 18.0 Å². The van der Waals surface area contributed by atoms with Crippen molar-refractivity contribution in [2.75, 3.05) is 10.6 Å². The Balaban J connectivity index is 1.48. The van der Waals surface area contributed by atoms with Gasteiger partial charge in [-0.05, 0) is 55.5 Å². The summed E-state index contributed by atoms with van der Waals surface area (Å²) in [6.07, 6.45) is 1.17. The second-order valence-electron chi connectivity index (χ2n) is 8.18. The van der Waals surface area contributed by atoms with Crippen molar-refractivity contribution in [2.24, 2.45) is 0 Å². The highest BCUT2D eigenvalue weighted by Gasteiger charge is 2.34. The van der Waals surface area contributed by atoms with E-state index in [-0.39, 0.29) is 33.9 Å². The van der Waals surface area contributed by atoms with E-state index in [9.17, 15) is 22.8 Å². The Labute approximate surface area is 215 Å². The zero-order valence-electron chi connectivity index (χ0n) is 20.0. The molecular weight excluding hydrogens is 497 g/mol. The summed E-state index contributed by atoms with van der Waals surface area (Å²) in [5.41, 5.74) is 0.164. The van der Waals surface area contributed by atoms with Crippen molar-refractivity contribution in [2.45, 2.75) is 13.1 Å². The minimum atomic E-state index is -4.76. The first-order valence-corrected chi connectivity index (χ1v) is 11.2. The van der Waals surface area contributed by atoms with E-state index in [2.05, 4.69) is 20.6 Å². The third-order valence-corrected chi connectivity index (χ3v) is 5.34. The number of pyridine rings is 3. The summed E-state index contributed by atoms with van der Waals surface area (Å²) in [4.78, 5) is 32.8. The van der Waals surface area contributed by atoms with Crippen molar-refractivity contribution in [3.8, 4) is 5.69 Å². The molecule has 4 aromatic rings. The molecule has 4 rings (SSSR count). The number of rotatable bonds is 7. The number of carbonyl (C=O) groups is 1. The van der Waals surface area contributed by atoms with Gasteiger partial charge in [-0.2, -0.15) is 13.2 Å². The molecule has 0 bridgehead atoms. The Hall–Kier alpha value is -5.06. The van der Waals surface area contributed by atoms with Crippen LogP contribution in [0.15, 0.2) is 102 Å². The largest absolute Gasteiger partial charge is 0.431 e. The fraction of sp³-hybridized carbons (Fsp3) is 0.0741. The minimum absolute atomic E-state index is 0.00141. The fourth-order valence-electron chi connectivity index (χ4n) is 3.35. The fourth-order valence-corrected chi connectivity index (χ4v) is 3.35. The van der Waals surface area contributed by atoms with Crippen LogP contribution in [0.4, 0.5) is 24.7 Å². The van der Waals surface area contributed by atoms with Gasteiger partial charge in [0, 0.05) is 35.9 Å². The molecule has 3 heterocycles. The molecule has 38 heavy (non-hydrogen) atoms. The van der Waals surface area contributed by atoms with Gasteiger partial charge in [0.15, 0.2) is 0 Å². The summed E-state index contributed by atoms with van der Waals surface area (Å²) in [5, 5.41) is 12.7. The summed E-state index contributed by atoms with van der Waals surface area (Å²) < 4.78 is 42.1. The van der Waals surface area contributed by atoms with Crippen LogP contribution in [0.5, 0.6) is 0 Å². The highest BCUT2D eigenvalue weighted by atomic mass is 19.4. The standard InChI is InChI=1S/C27H21F3N6O2/c1-17-4-8-21(9-5-17)36-16-19(6-11-25(36)37)26(38)35-24-10-7-20(15-33-24)34-23(27(28,29)30)13-22(31)18-3-2-12-32-14-18/h2-16,31,34H,1H3,(H,33,35,38)/b23-13-,31-22?. The van der Waals surface area contributed by atoms with Crippen LogP contribution in [0.3, 0.4) is 0 Å². The van der Waals surface area contributed by atoms with Crippen molar-refractivity contribution in [3.05, 3.63) is 124 Å². The molecule has 8 nitrogen and oxygen atoms in total. The molecule has 0 unspecified atom stereocenters. The number of halogens is 3. The molecule has 192 valence electrons. The molecule has 3 aromatic heterocycles. The maximum atomic E-state index is 13.6. The normalized spacial score (nSPS) is 11.6. The number of aryl methyl sites for hydroxylation is 1. The summed E-state index contributed by atoms with van der Waals surface area (Å²) in [5.74, 6) is -0.464. The van der Waals surface area contributed by atoms with E-state index in [4.69, 9.17) is 5.41 Å². The van der Waals surface area contributed by atoms with Gasteiger partial charge in [-0.15, -0.1) is 0 Å². The van der Waals surface area contributed by atoms with Crippen LogP contribution in [-0.4, -0.2) is 32.3 Å². The number of hydrogen-bond donors (Lipinski definition) is 3. The first-order chi connectivity index (χ1) is 18.1. The Morgan fingerprint density at radius 3 is 2.37 bits per heavy atom. The zero-order valence-corrected chi connectivity index (χ0v) is 20.0. The topological polar surface area (TPSA) is 113 Å². The molecule has 1 aromatic carbocycles. The molecule has 1 amide bonds. The molecule has 0 spiro atoms. The van der Waals surface area contributed by atoms with Crippen molar-refractivity contribution in [1.29, 1.82) is 5.41 Å². The zero-order chi connectivity index (χ0) is 27.3. The van der Waals surface area contributed by atoms with Gasteiger partial charge in [-0.1, -0.05) is 17.7 Å². The van der Waals surface area contributed by atoms with Crippen LogP contribution >= 0.6 is 0 Å². The maximum absolute atomic E-state index is 13.6. The number of aromatic nitrogens is 3. The van der Waals surface area contributed by atoms with E-state index in [1.165, 1.54) is 59.6 Å². The summed E-state index contributed by atoms with van der Waals surface area (Å²) in [7, 11) is 0. The molecule has 0 radical (unpaired) electrons. The van der Waals surface area contributed by atoms with Gasteiger partial charge in [-0.25, -0.2) is 4.98 Å². The second-order valence-corrected chi connectivity index (χ2v) is 8.18. The van der Waals surface area contributed by atoms with Crippen LogP contribution in [0.1, 0.15) is 21.5 Å². The lowest BCUT2D eigenvalue weighted by atomic mass is 10.1. The predicted molar refractivity (Wildman–Crippen MR) is 138 cm³/mol. The number of benzene rings is 1. The highest BCUT2D eigenvalue weighted by Crippen LogP contribution is 2.27. The minimum Gasteiger partial charge on any atom is -0.350 e. The van der Waals surface area contributed by atoms with Gasteiger partial charge in [0.2, 0.25) is 0 Å². The lowest BCUT2D eigenvalue weighted by Gasteiger charge is -2.15. The van der Waals surface area contributed by atoms with Gasteiger partial charge < -0.3 is 16.0 Å². The SMILES string of the molecule is Cc1ccc(-n2cc(C(=O)Nc3ccc(N/C(=C\C(=N)c4cccnc4)C(F)(F)F)cn3)ccc2=O)cc1. The van der Waals surface area contributed by atoms with Crippen LogP contribution < -0.4 is 16.2 Å². The Kier molecular flexibility index (Phi) is 7.47. The van der Waals surface area contributed by atoms with Crippen LogP contribution in [-0.2, 0) is 0 Å². The predicted octanol–water partition coefficient (Wildman–Crippen LogP) is 5.11. The molecular formula is C27H21F3N6O2. The average molecular weight is 518 g/mol. The number of nitrogens with zero attached hydrogens (tertiary/aromatic N) is 3. The van der Waals surface area contributed by atoms with Gasteiger partial charge in [0.1, 0.15) is 11.5 Å². The van der Waals surface area contributed by atoms with Crippen LogP contribution in [0, 0.1) is 12.3 Å². The first-order valence-electron chi connectivity index (χ1n) is 11.2. The van der Waals surface area contributed by atoms with E-state index in [1.807, 2.05) is 19.1 Å². The Morgan fingerprint density at radius 2 is 1.74 bits per heavy atom. The molecule has 3 N–H and O–H groups in total. The van der Waals surface area contributed by atoms with Crippen molar-refractivity contribution in [3.63, 3.8) is 0 Å². The lowest BCUT2D eigenvalue weighted by molar-refractivity contribution is -0.0901. The molecule has 11 heteroatoms. The number of allylic oxidation sites excluding steroid dienone is 2. The monoisotopic (exact) mass is 518 g/mol. The van der Waals surface area contributed by atoms with Crippen LogP contribution in [0.25, 0.3) is 5.69 Å². The van der Waals surface area contributed by atoms with E-state index in [0.717, 1.165) is 11.8 Å². The molecule has 0 aliphatic heterocycles. The maximum Gasteiger partial charge on any atom is 0.431 e. The lowest BCUT2D eigenvalue weighted by Crippen LogP contribution is -2.21. The molecule has 0 atom stereocenters. The van der Waals surface area contributed by atoms with Gasteiger partial charge >= 0.3 is 6.18 Å². The van der Waals surface area contributed by atoms with E-state index in [0.29, 0.717) is 11.8 Å². The Bertz CT molecular complexity index is 1550. The molecule has 0 saturated carbocycles. The molecule has 0 aliphatic carbocycles. The second kappa shape index (κ2) is 10.9. The number of amides is 1. The molecule has 0 saturated heterocycles. The number of alkyl halides is 3. The quantitative estimate of drug-likeness (QED) is 0.294. The first kappa shape index (κ1) is 26.0. The van der Waals surface area contributed by atoms with Gasteiger partial charge in [0.05, 0.1) is 23.2 Å². The number of nitrogens with one attached hydrogen (secondary N) is 3. The number of anilines is 2. The smallest absolute Gasteiger partial charge is 0.350 e. The van der Waals surface area contributed by atoms with E-state index < -0.39 is 17.8 Å². The number of hydrogen-bond acceptors (Lipinski definition) is 6.